The summed E-state index contributed by atoms with van der Waals surface area (Å²) in [4.78, 5) is 14.7. The maximum atomic E-state index is 12.9. The first-order valence-electron chi connectivity index (χ1n) is 8.55. The lowest BCUT2D eigenvalue weighted by Crippen LogP contribution is -2.61. The number of carbonyl (C=O) groups is 1. The summed E-state index contributed by atoms with van der Waals surface area (Å²) in [5, 5.41) is 4.12. The zero-order valence-electron chi connectivity index (χ0n) is 14.8. The molecule has 0 bridgehead atoms. The van der Waals surface area contributed by atoms with E-state index in [9.17, 15) is 13.6 Å². The molecule has 0 atom stereocenters. The largest absolute Gasteiger partial charge is 0.337 e. The van der Waals surface area contributed by atoms with E-state index in [0.29, 0.717) is 30.0 Å². The van der Waals surface area contributed by atoms with Gasteiger partial charge in [0.05, 0.1) is 11.3 Å². The predicted molar refractivity (Wildman–Crippen MR) is 92.0 cm³/mol. The maximum absolute atomic E-state index is 12.9. The van der Waals surface area contributed by atoms with Crippen LogP contribution in [0, 0.1) is 13.8 Å². The third kappa shape index (κ3) is 3.05. The molecule has 6 heteroatoms. The Morgan fingerprint density at radius 1 is 1.24 bits per heavy atom. The van der Waals surface area contributed by atoms with Gasteiger partial charge in [-0.2, -0.15) is 5.10 Å². The molecule has 134 valence electrons. The van der Waals surface area contributed by atoms with Crippen molar-refractivity contribution in [2.75, 3.05) is 13.1 Å². The van der Waals surface area contributed by atoms with E-state index < -0.39 is 13.0 Å². The molecule has 2 aromatic rings. The van der Waals surface area contributed by atoms with Crippen molar-refractivity contribution in [2.45, 2.75) is 45.6 Å². The third-order valence-electron chi connectivity index (χ3n) is 5.24. The summed E-state index contributed by atoms with van der Waals surface area (Å²) in [6, 6.07) is 10.2. The Morgan fingerprint density at radius 3 is 2.44 bits per heavy atom. The normalized spacial score (nSPS) is 16.2. The molecule has 2 heterocycles. The minimum absolute atomic E-state index is 0.0162. The van der Waals surface area contributed by atoms with Crippen molar-refractivity contribution >= 4 is 5.91 Å². The smallest absolute Gasteiger partial charge is 0.257 e. The number of amides is 1. The average molecular weight is 347 g/mol. The van der Waals surface area contributed by atoms with Crippen molar-refractivity contribution < 1.29 is 13.6 Å². The molecule has 0 unspecified atom stereocenters. The van der Waals surface area contributed by atoms with E-state index in [2.05, 4.69) is 24.2 Å². The molecule has 0 aliphatic carbocycles. The van der Waals surface area contributed by atoms with Gasteiger partial charge < -0.3 is 4.90 Å². The topological polar surface area (TPSA) is 38.1 Å². The number of hydrogen-bond acceptors (Lipinski definition) is 2. The van der Waals surface area contributed by atoms with Gasteiger partial charge in [0.2, 0.25) is 0 Å². The molecule has 1 fully saturated rings. The number of aromatic nitrogens is 2. The number of halogens is 2. The van der Waals surface area contributed by atoms with E-state index >= 15 is 0 Å². The summed E-state index contributed by atoms with van der Waals surface area (Å²) in [5.74, 6) is -0.115. The van der Waals surface area contributed by atoms with Gasteiger partial charge in [-0.3, -0.25) is 9.48 Å². The van der Waals surface area contributed by atoms with E-state index in [-0.39, 0.29) is 11.3 Å². The minimum Gasteiger partial charge on any atom is -0.337 e. The molecule has 4 nitrogen and oxygen atoms in total. The molecule has 1 aliphatic heterocycles. The van der Waals surface area contributed by atoms with Crippen LogP contribution in [0.5, 0.6) is 0 Å². The highest BCUT2D eigenvalue weighted by Crippen LogP contribution is 2.38. The van der Waals surface area contributed by atoms with Gasteiger partial charge in [-0.15, -0.1) is 0 Å². The third-order valence-corrected chi connectivity index (χ3v) is 5.24. The first kappa shape index (κ1) is 17.6. The summed E-state index contributed by atoms with van der Waals surface area (Å²) in [6.45, 7) is 6.32. The molecule has 1 amide bonds. The van der Waals surface area contributed by atoms with Gasteiger partial charge in [0, 0.05) is 24.2 Å². The summed E-state index contributed by atoms with van der Waals surface area (Å²) < 4.78 is 26.5. The lowest BCUT2D eigenvalue weighted by atomic mass is 9.71. The highest BCUT2D eigenvalue weighted by Gasteiger charge is 2.45. The van der Waals surface area contributed by atoms with E-state index in [1.54, 1.807) is 18.7 Å². The summed E-state index contributed by atoms with van der Waals surface area (Å²) >= 11 is 0. The molecule has 1 aliphatic rings. The second-order valence-electron chi connectivity index (χ2n) is 6.78. The fourth-order valence-corrected chi connectivity index (χ4v) is 3.70. The van der Waals surface area contributed by atoms with Crippen LogP contribution in [0.1, 0.15) is 40.7 Å². The zero-order chi connectivity index (χ0) is 18.2. The lowest BCUT2D eigenvalue weighted by Gasteiger charge is -2.50. The Balaban J connectivity index is 1.79. The number of rotatable bonds is 5. The van der Waals surface area contributed by atoms with Gasteiger partial charge in [-0.1, -0.05) is 37.3 Å². The number of aryl methyl sites for hydroxylation is 1. The first-order chi connectivity index (χ1) is 11.9. The molecule has 1 aromatic heterocycles. The molecular formula is C19H23F2N3O. The van der Waals surface area contributed by atoms with Gasteiger partial charge in [-0.25, -0.2) is 8.78 Å². The van der Waals surface area contributed by atoms with E-state index in [0.717, 1.165) is 6.42 Å². The second-order valence-corrected chi connectivity index (χ2v) is 6.78. The van der Waals surface area contributed by atoms with Crippen molar-refractivity contribution in [1.82, 2.24) is 14.7 Å². The minimum atomic E-state index is -2.49. The average Bonchev–Trinajstić information content (AvgIpc) is 2.81. The summed E-state index contributed by atoms with van der Waals surface area (Å²) in [6.07, 6.45) is -1.54. The highest BCUT2D eigenvalue weighted by atomic mass is 19.3. The first-order valence-corrected chi connectivity index (χ1v) is 8.55. The van der Waals surface area contributed by atoms with E-state index in [4.69, 9.17) is 0 Å². The van der Waals surface area contributed by atoms with Crippen LogP contribution in [-0.2, 0) is 12.0 Å². The van der Waals surface area contributed by atoms with Gasteiger partial charge >= 0.3 is 0 Å². The van der Waals surface area contributed by atoms with Gasteiger partial charge in [-0.05, 0) is 25.8 Å². The molecule has 0 radical (unpaired) electrons. The van der Waals surface area contributed by atoms with E-state index in [1.807, 2.05) is 18.2 Å². The predicted octanol–water partition coefficient (Wildman–Crippen LogP) is 3.57. The molecular weight excluding hydrogens is 324 g/mol. The zero-order valence-corrected chi connectivity index (χ0v) is 14.8. The Kier molecular flexibility index (Phi) is 4.62. The number of carbonyl (C=O) groups excluding carboxylic acids is 1. The van der Waals surface area contributed by atoms with Crippen molar-refractivity contribution in [3.63, 3.8) is 0 Å². The van der Waals surface area contributed by atoms with Crippen LogP contribution in [-0.4, -0.2) is 40.1 Å². The fraction of sp³-hybridized carbons (Fsp3) is 0.474. The quantitative estimate of drug-likeness (QED) is 0.829. The number of likely N-dealkylation sites (tertiary alicyclic amines) is 1. The molecule has 0 N–H and O–H groups in total. The van der Waals surface area contributed by atoms with Gasteiger partial charge in [0.25, 0.3) is 12.3 Å². The molecule has 1 saturated heterocycles. The lowest BCUT2D eigenvalue weighted by molar-refractivity contribution is 0.0374. The molecule has 25 heavy (non-hydrogen) atoms. The number of alkyl halides is 2. The highest BCUT2D eigenvalue weighted by molar-refractivity contribution is 5.97. The Morgan fingerprint density at radius 2 is 1.88 bits per heavy atom. The standard InChI is InChI=1S/C19H23F2N3O/c1-4-19(15-8-6-5-7-9-15)11-23(12-19)18(25)17-13(2)22-24(14(17)3)10-16(20)21/h5-9,16H,4,10-12H2,1-3H3. The van der Waals surface area contributed by atoms with Crippen LogP contribution in [0.2, 0.25) is 0 Å². The van der Waals surface area contributed by atoms with Crippen molar-refractivity contribution in [2.24, 2.45) is 0 Å². The Bertz CT molecular complexity index is 764. The second kappa shape index (κ2) is 6.58. The molecule has 1 aromatic carbocycles. The molecule has 0 saturated carbocycles. The SMILES string of the molecule is CCC1(c2ccccc2)CN(C(=O)c2c(C)nn(CC(F)F)c2C)C1. The summed E-state index contributed by atoms with van der Waals surface area (Å²) in [5.41, 5.74) is 2.70. The fourth-order valence-electron chi connectivity index (χ4n) is 3.70. The van der Waals surface area contributed by atoms with Crippen LogP contribution in [0.15, 0.2) is 30.3 Å². The number of hydrogen-bond donors (Lipinski definition) is 0. The van der Waals surface area contributed by atoms with Gasteiger partial charge in [0.15, 0.2) is 0 Å². The number of benzene rings is 1. The van der Waals surface area contributed by atoms with Crippen molar-refractivity contribution in [3.8, 4) is 0 Å². The molecule has 3 rings (SSSR count). The monoisotopic (exact) mass is 347 g/mol. The van der Waals surface area contributed by atoms with Crippen molar-refractivity contribution in [1.29, 1.82) is 0 Å². The Hall–Kier alpha value is -2.24. The van der Waals surface area contributed by atoms with E-state index in [1.165, 1.54) is 10.2 Å². The maximum Gasteiger partial charge on any atom is 0.257 e. The van der Waals surface area contributed by atoms with Crippen molar-refractivity contribution in [3.05, 3.63) is 52.8 Å². The summed E-state index contributed by atoms with van der Waals surface area (Å²) in [7, 11) is 0. The number of nitrogens with zero attached hydrogens (tertiary/aromatic N) is 3. The van der Waals surface area contributed by atoms with Crippen LogP contribution in [0.4, 0.5) is 8.78 Å². The van der Waals surface area contributed by atoms with Crippen LogP contribution >= 0.6 is 0 Å². The van der Waals surface area contributed by atoms with Crippen LogP contribution in [0.3, 0.4) is 0 Å². The molecule has 0 spiro atoms. The van der Waals surface area contributed by atoms with Crippen LogP contribution < -0.4 is 0 Å². The van der Waals surface area contributed by atoms with Gasteiger partial charge in [0.1, 0.15) is 6.54 Å². The van der Waals surface area contributed by atoms with Crippen LogP contribution in [0.25, 0.3) is 0 Å². The Labute approximate surface area is 146 Å².